The van der Waals surface area contributed by atoms with Gasteiger partial charge in [-0.1, -0.05) is 0 Å². The molecule has 0 saturated carbocycles. The molecule has 0 aromatic carbocycles. The van der Waals surface area contributed by atoms with Crippen molar-refractivity contribution in [2.75, 3.05) is 0 Å². The van der Waals surface area contributed by atoms with E-state index < -0.39 is 0 Å². The molecule has 0 aliphatic heterocycles. The molecule has 2 N–H and O–H groups in total. The van der Waals surface area contributed by atoms with Crippen molar-refractivity contribution in [2.45, 2.75) is 0 Å². The van der Waals surface area contributed by atoms with Gasteiger partial charge in [0.1, 0.15) is 0 Å². The van der Waals surface area contributed by atoms with Crippen LogP contribution in [-0.4, -0.2) is 6.21 Å². The highest BCUT2D eigenvalue weighted by Crippen LogP contribution is 2.20. The SMILES string of the molecule is NN=Cc1ccc(Br)s1. The number of hydrogen-bond donors (Lipinski definition) is 1. The Morgan fingerprint density at radius 1 is 1.67 bits per heavy atom. The molecule has 0 unspecified atom stereocenters. The normalized spacial score (nSPS) is 10.8. The second-order valence-electron chi connectivity index (χ2n) is 1.42. The lowest BCUT2D eigenvalue weighted by Crippen LogP contribution is -1.80. The zero-order chi connectivity index (χ0) is 6.69. The van der Waals surface area contributed by atoms with Crippen LogP contribution in [0.25, 0.3) is 0 Å². The number of halogens is 1. The quantitative estimate of drug-likeness (QED) is 0.423. The maximum atomic E-state index is 4.93. The van der Waals surface area contributed by atoms with Gasteiger partial charge in [0, 0.05) is 4.88 Å². The van der Waals surface area contributed by atoms with Crippen molar-refractivity contribution in [3.8, 4) is 0 Å². The lowest BCUT2D eigenvalue weighted by molar-refractivity contribution is 1.27. The monoisotopic (exact) mass is 204 g/mol. The van der Waals surface area contributed by atoms with Crippen molar-refractivity contribution < 1.29 is 0 Å². The first-order chi connectivity index (χ1) is 4.33. The van der Waals surface area contributed by atoms with Gasteiger partial charge in [-0.2, -0.15) is 5.10 Å². The number of nitrogens with zero attached hydrogens (tertiary/aromatic N) is 1. The first kappa shape index (κ1) is 6.77. The zero-order valence-corrected chi connectivity index (χ0v) is 6.95. The van der Waals surface area contributed by atoms with Crippen molar-refractivity contribution >= 4 is 33.5 Å². The maximum Gasteiger partial charge on any atom is 0.0705 e. The smallest absolute Gasteiger partial charge is 0.0705 e. The Hall–Kier alpha value is -0.350. The molecule has 0 bridgehead atoms. The summed E-state index contributed by atoms with van der Waals surface area (Å²) >= 11 is 4.92. The summed E-state index contributed by atoms with van der Waals surface area (Å²) in [7, 11) is 0. The highest BCUT2D eigenvalue weighted by molar-refractivity contribution is 9.11. The largest absolute Gasteiger partial charge is 0.323 e. The third-order valence-corrected chi connectivity index (χ3v) is 2.35. The summed E-state index contributed by atoms with van der Waals surface area (Å²) in [6.45, 7) is 0. The van der Waals surface area contributed by atoms with E-state index in [-0.39, 0.29) is 0 Å². The van der Waals surface area contributed by atoms with E-state index in [2.05, 4.69) is 21.0 Å². The summed E-state index contributed by atoms with van der Waals surface area (Å²) in [6.07, 6.45) is 1.62. The van der Waals surface area contributed by atoms with Gasteiger partial charge in [0.2, 0.25) is 0 Å². The summed E-state index contributed by atoms with van der Waals surface area (Å²) < 4.78 is 1.09. The molecule has 0 radical (unpaired) electrons. The Balaban J connectivity index is 2.85. The van der Waals surface area contributed by atoms with Crippen molar-refractivity contribution in [2.24, 2.45) is 10.9 Å². The molecule has 1 aromatic rings. The minimum absolute atomic E-state index is 1.06. The number of hydrogen-bond acceptors (Lipinski definition) is 3. The molecule has 2 nitrogen and oxygen atoms in total. The van der Waals surface area contributed by atoms with E-state index in [0.717, 1.165) is 8.66 Å². The molecule has 9 heavy (non-hydrogen) atoms. The predicted molar refractivity (Wildman–Crippen MR) is 43.8 cm³/mol. The third kappa shape index (κ3) is 1.80. The Labute approximate surface area is 65.5 Å². The van der Waals surface area contributed by atoms with Crippen molar-refractivity contribution in [1.29, 1.82) is 0 Å². The van der Waals surface area contributed by atoms with E-state index in [1.165, 1.54) is 0 Å². The number of thiophene rings is 1. The van der Waals surface area contributed by atoms with Crippen LogP contribution in [-0.2, 0) is 0 Å². The van der Waals surface area contributed by atoms with Gasteiger partial charge in [-0.05, 0) is 28.1 Å². The van der Waals surface area contributed by atoms with Crippen LogP contribution < -0.4 is 5.84 Å². The van der Waals surface area contributed by atoms with Gasteiger partial charge in [0.25, 0.3) is 0 Å². The number of nitrogens with two attached hydrogens (primary N) is 1. The van der Waals surface area contributed by atoms with E-state index in [1.807, 2.05) is 12.1 Å². The molecule has 1 rings (SSSR count). The predicted octanol–water partition coefficient (Wildman–Crippen LogP) is 1.80. The first-order valence-electron chi connectivity index (χ1n) is 2.31. The van der Waals surface area contributed by atoms with Crippen LogP contribution >= 0.6 is 27.3 Å². The summed E-state index contributed by atoms with van der Waals surface area (Å²) in [5.41, 5.74) is 0. The summed E-state index contributed by atoms with van der Waals surface area (Å²) in [4.78, 5) is 1.06. The fourth-order valence-corrected chi connectivity index (χ4v) is 1.77. The van der Waals surface area contributed by atoms with Crippen molar-refractivity contribution in [1.82, 2.24) is 0 Å². The lowest BCUT2D eigenvalue weighted by atomic mass is 10.5. The van der Waals surface area contributed by atoms with E-state index in [4.69, 9.17) is 5.84 Å². The van der Waals surface area contributed by atoms with Crippen LogP contribution in [0.3, 0.4) is 0 Å². The van der Waals surface area contributed by atoms with Crippen LogP contribution in [0.1, 0.15) is 4.88 Å². The van der Waals surface area contributed by atoms with Gasteiger partial charge in [-0.15, -0.1) is 11.3 Å². The first-order valence-corrected chi connectivity index (χ1v) is 3.92. The average molecular weight is 205 g/mol. The Kier molecular flexibility index (Phi) is 2.24. The molecule has 48 valence electrons. The molecule has 0 saturated heterocycles. The molecule has 0 amide bonds. The Bertz CT molecular complexity index is 218. The Morgan fingerprint density at radius 3 is 2.89 bits per heavy atom. The topological polar surface area (TPSA) is 38.4 Å². The highest BCUT2D eigenvalue weighted by Gasteiger charge is 1.90. The average Bonchev–Trinajstić information content (AvgIpc) is 2.17. The minimum Gasteiger partial charge on any atom is -0.323 e. The van der Waals surface area contributed by atoms with Crippen molar-refractivity contribution in [3.63, 3.8) is 0 Å². The summed E-state index contributed by atoms with van der Waals surface area (Å²) in [6, 6.07) is 3.91. The summed E-state index contributed by atoms with van der Waals surface area (Å²) in [5.74, 6) is 4.93. The molecular weight excluding hydrogens is 200 g/mol. The van der Waals surface area contributed by atoms with E-state index in [9.17, 15) is 0 Å². The van der Waals surface area contributed by atoms with E-state index in [0.29, 0.717) is 0 Å². The molecule has 0 spiro atoms. The number of rotatable bonds is 1. The summed E-state index contributed by atoms with van der Waals surface area (Å²) in [5, 5.41) is 3.38. The molecular formula is C5H5BrN2S. The second-order valence-corrected chi connectivity index (χ2v) is 3.91. The van der Waals surface area contributed by atoms with Crippen LogP contribution in [0.5, 0.6) is 0 Å². The molecule has 0 aliphatic rings. The Morgan fingerprint density at radius 2 is 2.44 bits per heavy atom. The van der Waals surface area contributed by atoms with Crippen LogP contribution in [0, 0.1) is 0 Å². The lowest BCUT2D eigenvalue weighted by Gasteiger charge is -1.75. The van der Waals surface area contributed by atoms with Gasteiger partial charge >= 0.3 is 0 Å². The molecule has 0 fully saturated rings. The molecule has 1 heterocycles. The van der Waals surface area contributed by atoms with Crippen LogP contribution in [0.2, 0.25) is 0 Å². The molecule has 0 aliphatic carbocycles. The van der Waals surface area contributed by atoms with Crippen LogP contribution in [0.4, 0.5) is 0 Å². The minimum atomic E-state index is 1.06. The van der Waals surface area contributed by atoms with Gasteiger partial charge in [-0.25, -0.2) is 0 Å². The fourth-order valence-electron chi connectivity index (χ4n) is 0.471. The van der Waals surface area contributed by atoms with Gasteiger partial charge in [0.05, 0.1) is 10.0 Å². The van der Waals surface area contributed by atoms with E-state index >= 15 is 0 Å². The molecule has 0 atom stereocenters. The van der Waals surface area contributed by atoms with Gasteiger partial charge < -0.3 is 5.84 Å². The molecule has 4 heteroatoms. The number of hydrazone groups is 1. The highest BCUT2D eigenvalue weighted by atomic mass is 79.9. The van der Waals surface area contributed by atoms with Crippen molar-refractivity contribution in [3.05, 3.63) is 20.8 Å². The van der Waals surface area contributed by atoms with Gasteiger partial charge in [-0.3, -0.25) is 0 Å². The fraction of sp³-hybridized carbons (Fsp3) is 0. The maximum absolute atomic E-state index is 4.93. The third-order valence-electron chi connectivity index (χ3n) is 0.796. The van der Waals surface area contributed by atoms with E-state index in [1.54, 1.807) is 17.6 Å². The molecule has 1 aromatic heterocycles. The van der Waals surface area contributed by atoms with Gasteiger partial charge in [0.15, 0.2) is 0 Å². The second kappa shape index (κ2) is 2.98. The zero-order valence-electron chi connectivity index (χ0n) is 4.54. The van der Waals surface area contributed by atoms with Crippen LogP contribution in [0.15, 0.2) is 21.0 Å². The standard InChI is InChI=1S/C5H5BrN2S/c6-5-2-1-4(9-5)3-8-7/h1-3H,7H2.